The number of hydrogen-bond acceptors (Lipinski definition) is 9. The number of anilines is 1. The Bertz CT molecular complexity index is 1050. The van der Waals surface area contributed by atoms with Crippen LogP contribution >= 0.6 is 11.3 Å². The van der Waals surface area contributed by atoms with Gasteiger partial charge in [-0.25, -0.2) is 14.6 Å². The molecule has 1 aliphatic heterocycles. The molecule has 0 saturated carbocycles. The molecule has 0 saturated heterocycles. The maximum absolute atomic E-state index is 12.8. The zero-order valence-corrected chi connectivity index (χ0v) is 16.6. The molecule has 0 bridgehead atoms. The number of aromatic nitrogens is 1. The van der Waals surface area contributed by atoms with Crippen LogP contribution in [0.1, 0.15) is 39.6 Å². The van der Waals surface area contributed by atoms with Crippen LogP contribution in [0.4, 0.5) is 10.8 Å². The van der Waals surface area contributed by atoms with Crippen molar-refractivity contribution in [1.82, 2.24) is 4.98 Å². The zero-order valence-electron chi connectivity index (χ0n) is 15.8. The number of amides is 1. The summed E-state index contributed by atoms with van der Waals surface area (Å²) in [5.74, 6) is -2.15. The van der Waals surface area contributed by atoms with Gasteiger partial charge in [0, 0.05) is 0 Å². The Morgan fingerprint density at radius 2 is 2.03 bits per heavy atom. The van der Waals surface area contributed by atoms with Crippen LogP contribution in [-0.2, 0) is 9.53 Å². The molecule has 0 radical (unpaired) electrons. The van der Waals surface area contributed by atoms with Crippen molar-refractivity contribution in [3.8, 4) is 0 Å². The highest BCUT2D eigenvalue weighted by Gasteiger charge is 2.37. The number of rotatable bonds is 6. The van der Waals surface area contributed by atoms with Crippen LogP contribution in [0.2, 0.25) is 0 Å². The molecule has 11 heteroatoms. The molecule has 1 aromatic carbocycles. The molecule has 1 N–H and O–H groups in total. The number of carboxylic acid groups (broad SMARTS) is 1. The van der Waals surface area contributed by atoms with Gasteiger partial charge in [-0.2, -0.15) is 20.3 Å². The highest BCUT2D eigenvalue weighted by molar-refractivity contribution is 7.17. The van der Waals surface area contributed by atoms with Crippen molar-refractivity contribution < 1.29 is 24.2 Å². The summed E-state index contributed by atoms with van der Waals surface area (Å²) in [6.45, 7) is 5.18. The van der Waals surface area contributed by atoms with E-state index in [1.807, 2.05) is 0 Å². The monoisotopic (exact) mass is 415 g/mol. The Labute approximate surface area is 169 Å². The van der Waals surface area contributed by atoms with E-state index in [-0.39, 0.29) is 23.0 Å². The van der Waals surface area contributed by atoms with E-state index in [9.17, 15) is 19.5 Å². The van der Waals surface area contributed by atoms with Crippen molar-refractivity contribution in [2.75, 3.05) is 11.6 Å². The molecule has 2 aromatic rings. The van der Waals surface area contributed by atoms with Crippen LogP contribution in [0.15, 0.2) is 39.6 Å². The summed E-state index contributed by atoms with van der Waals surface area (Å²) in [6, 6.07) is 5.08. The van der Waals surface area contributed by atoms with Crippen molar-refractivity contribution in [1.29, 1.82) is 0 Å². The summed E-state index contributed by atoms with van der Waals surface area (Å²) in [5.41, 5.74) is 0.915. The minimum atomic E-state index is -1.14. The number of aromatic carboxylic acids is 1. The van der Waals surface area contributed by atoms with Gasteiger partial charge >= 0.3 is 11.9 Å². The average Bonchev–Trinajstić information content (AvgIpc) is 3.20. The Hall–Kier alpha value is -3.47. The van der Waals surface area contributed by atoms with Crippen LogP contribution in [0.3, 0.4) is 0 Å². The lowest BCUT2D eigenvalue weighted by Gasteiger charge is -2.08. The Kier molecular flexibility index (Phi) is 5.78. The molecule has 2 heterocycles. The van der Waals surface area contributed by atoms with E-state index in [2.05, 4.69) is 20.3 Å². The van der Waals surface area contributed by atoms with Gasteiger partial charge in [0.15, 0.2) is 6.04 Å². The SMILES string of the molecule is CCOC(=O)c1sc(N2N=C(C)C(N=Nc3ccccc3C(=O)O)C2=O)nc1C. The van der Waals surface area contributed by atoms with Gasteiger partial charge < -0.3 is 9.84 Å². The summed E-state index contributed by atoms with van der Waals surface area (Å²) in [5, 5.41) is 22.6. The van der Waals surface area contributed by atoms with Crippen LogP contribution in [-0.4, -0.2) is 46.3 Å². The standard InChI is InChI=1S/C18H17N5O5S/c1-4-28-17(27)14-10(3)19-18(29-14)23-15(24)13(9(2)22-23)21-20-12-8-6-5-7-11(12)16(25)26/h5-8,13H,4H2,1-3H3,(H,25,26). The number of carboxylic acids is 1. The van der Waals surface area contributed by atoms with Crippen molar-refractivity contribution in [2.24, 2.45) is 15.3 Å². The van der Waals surface area contributed by atoms with Gasteiger partial charge in [-0.3, -0.25) is 4.79 Å². The second-order valence-corrected chi connectivity index (χ2v) is 6.94. The summed E-state index contributed by atoms with van der Waals surface area (Å²) in [6.07, 6.45) is 0. The maximum atomic E-state index is 12.8. The first-order valence-electron chi connectivity index (χ1n) is 8.60. The van der Waals surface area contributed by atoms with Crippen LogP contribution in [0.5, 0.6) is 0 Å². The smallest absolute Gasteiger partial charge is 0.350 e. The maximum Gasteiger partial charge on any atom is 0.350 e. The summed E-state index contributed by atoms with van der Waals surface area (Å²) in [4.78, 5) is 40.5. The van der Waals surface area contributed by atoms with E-state index in [1.54, 1.807) is 32.9 Å². The van der Waals surface area contributed by atoms with Gasteiger partial charge in [0.2, 0.25) is 5.13 Å². The minimum absolute atomic E-state index is 0.0252. The van der Waals surface area contributed by atoms with E-state index in [0.717, 1.165) is 16.3 Å². The normalized spacial score (nSPS) is 16.4. The minimum Gasteiger partial charge on any atom is -0.478 e. The van der Waals surface area contributed by atoms with Crippen LogP contribution in [0, 0.1) is 6.92 Å². The molecule has 29 heavy (non-hydrogen) atoms. The Balaban J connectivity index is 1.84. The number of carbonyl (C=O) groups excluding carboxylic acids is 2. The molecule has 1 aromatic heterocycles. The van der Waals surface area contributed by atoms with E-state index >= 15 is 0 Å². The van der Waals surface area contributed by atoms with Gasteiger partial charge in [0.25, 0.3) is 5.91 Å². The van der Waals surface area contributed by atoms with E-state index in [1.165, 1.54) is 12.1 Å². The number of aryl methyl sites for hydroxylation is 1. The molecule has 10 nitrogen and oxygen atoms in total. The van der Waals surface area contributed by atoms with Crippen molar-refractivity contribution in [3.05, 3.63) is 40.4 Å². The summed E-state index contributed by atoms with van der Waals surface area (Å²) in [7, 11) is 0. The van der Waals surface area contributed by atoms with Crippen molar-refractivity contribution in [2.45, 2.75) is 26.8 Å². The van der Waals surface area contributed by atoms with Crippen molar-refractivity contribution >= 4 is 45.7 Å². The molecule has 1 aliphatic rings. The van der Waals surface area contributed by atoms with Gasteiger partial charge in [0.1, 0.15) is 4.88 Å². The number of carbonyl (C=O) groups is 3. The van der Waals surface area contributed by atoms with E-state index in [4.69, 9.17) is 4.74 Å². The fraction of sp³-hybridized carbons (Fsp3) is 0.278. The molecule has 0 spiro atoms. The highest BCUT2D eigenvalue weighted by atomic mass is 32.1. The lowest BCUT2D eigenvalue weighted by Crippen LogP contribution is -2.29. The lowest BCUT2D eigenvalue weighted by molar-refractivity contribution is -0.117. The molecule has 1 atom stereocenters. The van der Waals surface area contributed by atoms with Gasteiger partial charge in [0.05, 0.1) is 29.3 Å². The lowest BCUT2D eigenvalue weighted by atomic mass is 10.2. The van der Waals surface area contributed by atoms with Gasteiger partial charge in [-0.05, 0) is 32.9 Å². The third-order valence-electron chi connectivity index (χ3n) is 3.94. The quantitative estimate of drug-likeness (QED) is 0.569. The summed E-state index contributed by atoms with van der Waals surface area (Å²) >= 11 is 0.996. The molecule has 3 rings (SSSR count). The molecular weight excluding hydrogens is 398 g/mol. The van der Waals surface area contributed by atoms with Crippen LogP contribution in [0.25, 0.3) is 0 Å². The highest BCUT2D eigenvalue weighted by Crippen LogP contribution is 2.30. The predicted molar refractivity (Wildman–Crippen MR) is 105 cm³/mol. The van der Waals surface area contributed by atoms with Crippen molar-refractivity contribution in [3.63, 3.8) is 0 Å². The molecule has 0 fully saturated rings. The van der Waals surface area contributed by atoms with E-state index in [0.29, 0.717) is 16.3 Å². The average molecular weight is 415 g/mol. The molecule has 1 unspecified atom stereocenters. The Morgan fingerprint density at radius 1 is 1.31 bits per heavy atom. The third kappa shape index (κ3) is 4.04. The molecular formula is C18H17N5O5S. The second-order valence-electron chi connectivity index (χ2n) is 5.96. The topological polar surface area (TPSA) is 134 Å². The first-order chi connectivity index (χ1) is 13.8. The van der Waals surface area contributed by atoms with Crippen LogP contribution < -0.4 is 5.01 Å². The number of nitrogens with zero attached hydrogens (tertiary/aromatic N) is 5. The molecule has 0 aliphatic carbocycles. The second kappa shape index (κ2) is 8.27. The fourth-order valence-electron chi connectivity index (χ4n) is 2.55. The number of thiazole rings is 1. The first kappa shape index (κ1) is 20.3. The van der Waals surface area contributed by atoms with Gasteiger partial charge in [-0.15, -0.1) is 0 Å². The van der Waals surface area contributed by atoms with E-state index < -0.39 is 23.9 Å². The number of hydrazone groups is 1. The predicted octanol–water partition coefficient (Wildman–Crippen LogP) is 3.20. The third-order valence-corrected chi connectivity index (χ3v) is 5.05. The fourth-order valence-corrected chi connectivity index (χ4v) is 3.46. The number of azo groups is 1. The number of ether oxygens (including phenoxy) is 1. The number of benzene rings is 1. The first-order valence-corrected chi connectivity index (χ1v) is 9.42. The Morgan fingerprint density at radius 3 is 2.72 bits per heavy atom. The van der Waals surface area contributed by atoms with Gasteiger partial charge in [-0.1, -0.05) is 23.5 Å². The number of hydrogen-bond donors (Lipinski definition) is 1. The largest absolute Gasteiger partial charge is 0.478 e. The zero-order chi connectivity index (χ0) is 21.1. The molecule has 150 valence electrons. The molecule has 1 amide bonds. The summed E-state index contributed by atoms with van der Waals surface area (Å²) < 4.78 is 4.98. The number of esters is 1.